The maximum Gasteiger partial charge on any atom is 0.319 e. The molecule has 0 radical (unpaired) electrons. The molecule has 0 fully saturated rings. The van der Waals surface area contributed by atoms with Crippen molar-refractivity contribution < 1.29 is 9.90 Å². The van der Waals surface area contributed by atoms with E-state index >= 15 is 0 Å². The molecule has 0 bridgehead atoms. The zero-order chi connectivity index (χ0) is 13.5. The molecule has 1 unspecified atom stereocenters. The van der Waals surface area contributed by atoms with E-state index in [4.69, 9.17) is 5.11 Å². The van der Waals surface area contributed by atoms with Gasteiger partial charge in [0.1, 0.15) is 0 Å². The SMILES string of the molecule is CC(O)CCNC(=O)Nc1ccc(C(C)C)cc1. The van der Waals surface area contributed by atoms with Gasteiger partial charge in [-0.25, -0.2) is 4.79 Å². The number of aliphatic hydroxyl groups excluding tert-OH is 1. The number of benzene rings is 1. The third kappa shape index (κ3) is 5.19. The normalized spacial score (nSPS) is 12.3. The number of anilines is 1. The van der Waals surface area contributed by atoms with Crippen LogP contribution in [0.25, 0.3) is 0 Å². The second-order valence-electron chi connectivity index (χ2n) is 4.80. The van der Waals surface area contributed by atoms with Crippen molar-refractivity contribution in [3.63, 3.8) is 0 Å². The summed E-state index contributed by atoms with van der Waals surface area (Å²) in [5.74, 6) is 0.485. The highest BCUT2D eigenvalue weighted by Crippen LogP contribution is 2.16. The van der Waals surface area contributed by atoms with Gasteiger partial charge in [-0.15, -0.1) is 0 Å². The van der Waals surface area contributed by atoms with Crippen LogP contribution in [0.15, 0.2) is 24.3 Å². The van der Waals surface area contributed by atoms with Crippen LogP contribution >= 0.6 is 0 Å². The Hall–Kier alpha value is -1.55. The molecule has 0 saturated heterocycles. The number of carbonyl (C=O) groups is 1. The Kier molecular flexibility index (Phi) is 5.65. The number of amides is 2. The predicted octanol–water partition coefficient (Wildman–Crippen LogP) is 2.70. The smallest absolute Gasteiger partial charge is 0.319 e. The zero-order valence-corrected chi connectivity index (χ0v) is 11.2. The second-order valence-corrected chi connectivity index (χ2v) is 4.80. The second kappa shape index (κ2) is 7.01. The molecule has 0 aliphatic heterocycles. The molecule has 18 heavy (non-hydrogen) atoms. The number of hydrogen-bond donors (Lipinski definition) is 3. The topological polar surface area (TPSA) is 61.4 Å². The Bertz CT molecular complexity index is 372. The Morgan fingerprint density at radius 3 is 2.33 bits per heavy atom. The van der Waals surface area contributed by atoms with Crippen molar-refractivity contribution in [2.24, 2.45) is 0 Å². The van der Waals surface area contributed by atoms with Crippen LogP contribution in [0.5, 0.6) is 0 Å². The molecule has 1 aromatic rings. The summed E-state index contributed by atoms with van der Waals surface area (Å²) in [6.45, 7) is 6.42. The van der Waals surface area contributed by atoms with Crippen LogP contribution in [0.4, 0.5) is 10.5 Å². The van der Waals surface area contributed by atoms with Gasteiger partial charge in [0, 0.05) is 12.2 Å². The van der Waals surface area contributed by atoms with Crippen LogP contribution in [-0.2, 0) is 0 Å². The fourth-order valence-corrected chi connectivity index (χ4v) is 1.52. The van der Waals surface area contributed by atoms with Crippen LogP contribution in [0.2, 0.25) is 0 Å². The van der Waals surface area contributed by atoms with Gasteiger partial charge in [0.2, 0.25) is 0 Å². The Morgan fingerprint density at radius 1 is 1.22 bits per heavy atom. The minimum Gasteiger partial charge on any atom is -0.393 e. The minimum atomic E-state index is -0.393. The van der Waals surface area contributed by atoms with E-state index in [0.29, 0.717) is 18.9 Å². The molecule has 0 spiro atoms. The first-order chi connectivity index (χ1) is 8.49. The maximum absolute atomic E-state index is 11.5. The molecular formula is C14H22N2O2. The van der Waals surface area contributed by atoms with Crippen molar-refractivity contribution >= 4 is 11.7 Å². The summed E-state index contributed by atoms with van der Waals surface area (Å²) in [7, 11) is 0. The molecule has 2 amide bonds. The van der Waals surface area contributed by atoms with Gasteiger partial charge in [0.15, 0.2) is 0 Å². The monoisotopic (exact) mass is 250 g/mol. The lowest BCUT2D eigenvalue weighted by Gasteiger charge is -2.10. The standard InChI is InChI=1S/C14H22N2O2/c1-10(2)12-4-6-13(7-5-12)16-14(18)15-9-8-11(3)17/h4-7,10-11,17H,8-9H2,1-3H3,(H2,15,16,18). The lowest BCUT2D eigenvalue weighted by Crippen LogP contribution is -2.30. The number of carbonyl (C=O) groups excluding carboxylic acids is 1. The summed E-state index contributed by atoms with van der Waals surface area (Å²) < 4.78 is 0. The summed E-state index contributed by atoms with van der Waals surface area (Å²) >= 11 is 0. The van der Waals surface area contributed by atoms with Crippen molar-refractivity contribution in [3.8, 4) is 0 Å². The molecule has 4 nitrogen and oxygen atoms in total. The van der Waals surface area contributed by atoms with Crippen molar-refractivity contribution in [2.45, 2.75) is 39.2 Å². The number of nitrogens with one attached hydrogen (secondary N) is 2. The van der Waals surface area contributed by atoms with E-state index in [0.717, 1.165) is 5.69 Å². The van der Waals surface area contributed by atoms with Gasteiger partial charge < -0.3 is 15.7 Å². The molecule has 0 saturated carbocycles. The summed E-state index contributed by atoms with van der Waals surface area (Å²) in [5, 5.41) is 14.5. The predicted molar refractivity (Wildman–Crippen MR) is 73.9 cm³/mol. The highest BCUT2D eigenvalue weighted by molar-refractivity contribution is 5.89. The Morgan fingerprint density at radius 2 is 1.83 bits per heavy atom. The van der Waals surface area contributed by atoms with Crippen molar-refractivity contribution in [1.82, 2.24) is 5.32 Å². The quantitative estimate of drug-likeness (QED) is 0.752. The first kappa shape index (κ1) is 14.5. The fourth-order valence-electron chi connectivity index (χ4n) is 1.52. The van der Waals surface area contributed by atoms with E-state index in [1.807, 2.05) is 24.3 Å². The summed E-state index contributed by atoms with van der Waals surface area (Å²) in [5.41, 5.74) is 2.02. The molecule has 0 aliphatic carbocycles. The third-order valence-electron chi connectivity index (χ3n) is 2.68. The number of urea groups is 1. The molecule has 1 atom stereocenters. The van der Waals surface area contributed by atoms with E-state index < -0.39 is 6.10 Å². The number of rotatable bonds is 5. The Balaban J connectivity index is 2.40. The van der Waals surface area contributed by atoms with Crippen LogP contribution in [0, 0.1) is 0 Å². The lowest BCUT2D eigenvalue weighted by atomic mass is 10.0. The van der Waals surface area contributed by atoms with Gasteiger partial charge in [0.25, 0.3) is 0 Å². The number of hydrogen-bond acceptors (Lipinski definition) is 2. The van der Waals surface area contributed by atoms with Gasteiger partial charge in [-0.2, -0.15) is 0 Å². The molecule has 3 N–H and O–H groups in total. The van der Waals surface area contributed by atoms with Crippen LogP contribution in [0.3, 0.4) is 0 Å². The average molecular weight is 250 g/mol. The van der Waals surface area contributed by atoms with Crippen molar-refractivity contribution in [1.29, 1.82) is 0 Å². The molecule has 100 valence electrons. The van der Waals surface area contributed by atoms with Crippen LogP contribution in [-0.4, -0.2) is 23.8 Å². The zero-order valence-electron chi connectivity index (χ0n) is 11.2. The van der Waals surface area contributed by atoms with E-state index in [1.165, 1.54) is 5.56 Å². The van der Waals surface area contributed by atoms with Gasteiger partial charge in [-0.3, -0.25) is 0 Å². The molecule has 1 rings (SSSR count). The first-order valence-corrected chi connectivity index (χ1v) is 6.32. The fraction of sp³-hybridized carbons (Fsp3) is 0.500. The molecule has 4 heteroatoms. The molecule has 0 aliphatic rings. The van der Waals surface area contributed by atoms with Crippen molar-refractivity contribution in [2.75, 3.05) is 11.9 Å². The molecule has 1 aromatic carbocycles. The van der Waals surface area contributed by atoms with Crippen LogP contribution < -0.4 is 10.6 Å². The highest BCUT2D eigenvalue weighted by Gasteiger charge is 2.03. The maximum atomic E-state index is 11.5. The van der Waals surface area contributed by atoms with Gasteiger partial charge >= 0.3 is 6.03 Å². The van der Waals surface area contributed by atoms with E-state index in [9.17, 15) is 4.79 Å². The first-order valence-electron chi connectivity index (χ1n) is 6.32. The van der Waals surface area contributed by atoms with Gasteiger partial charge in [-0.1, -0.05) is 26.0 Å². The highest BCUT2D eigenvalue weighted by atomic mass is 16.3. The van der Waals surface area contributed by atoms with Gasteiger partial charge in [0.05, 0.1) is 6.10 Å². The average Bonchev–Trinajstić information content (AvgIpc) is 2.29. The van der Waals surface area contributed by atoms with Crippen molar-refractivity contribution in [3.05, 3.63) is 29.8 Å². The van der Waals surface area contributed by atoms with E-state index in [-0.39, 0.29) is 6.03 Å². The summed E-state index contributed by atoms with van der Waals surface area (Å²) in [6.07, 6.45) is 0.162. The van der Waals surface area contributed by atoms with Crippen LogP contribution in [0.1, 0.15) is 38.7 Å². The summed E-state index contributed by atoms with van der Waals surface area (Å²) in [6, 6.07) is 7.56. The van der Waals surface area contributed by atoms with E-state index in [2.05, 4.69) is 24.5 Å². The third-order valence-corrected chi connectivity index (χ3v) is 2.68. The number of aliphatic hydroxyl groups is 1. The molecular weight excluding hydrogens is 228 g/mol. The largest absolute Gasteiger partial charge is 0.393 e. The molecule has 0 heterocycles. The lowest BCUT2D eigenvalue weighted by molar-refractivity contribution is 0.184. The van der Waals surface area contributed by atoms with E-state index in [1.54, 1.807) is 6.92 Å². The molecule has 0 aromatic heterocycles. The minimum absolute atomic E-state index is 0.243. The Labute approximate surface area is 108 Å². The summed E-state index contributed by atoms with van der Waals surface area (Å²) in [4.78, 5) is 11.5. The van der Waals surface area contributed by atoms with Gasteiger partial charge in [-0.05, 0) is 37.0 Å².